The predicted octanol–water partition coefficient (Wildman–Crippen LogP) is 1.22. The molecule has 0 unspecified atom stereocenters. The van der Waals surface area contributed by atoms with Crippen molar-refractivity contribution in [2.75, 3.05) is 12.3 Å². The molecule has 0 fully saturated rings. The summed E-state index contributed by atoms with van der Waals surface area (Å²) in [6, 6.07) is 6.03. The number of nitrogens with two attached hydrogens (primary N) is 1. The van der Waals surface area contributed by atoms with E-state index >= 15 is 0 Å². The Hall–Kier alpha value is -2.44. The quantitative estimate of drug-likeness (QED) is 0.839. The van der Waals surface area contributed by atoms with E-state index < -0.39 is 5.97 Å². The molecule has 0 radical (unpaired) electrons. The lowest BCUT2D eigenvalue weighted by molar-refractivity contribution is 0.0520. The van der Waals surface area contributed by atoms with Crippen molar-refractivity contribution in [1.82, 2.24) is 15.0 Å². The van der Waals surface area contributed by atoms with Crippen LogP contribution in [0, 0.1) is 5.82 Å². The highest BCUT2D eigenvalue weighted by atomic mass is 19.1. The van der Waals surface area contributed by atoms with Gasteiger partial charge in [0.1, 0.15) is 5.82 Å². The van der Waals surface area contributed by atoms with Gasteiger partial charge in [0.2, 0.25) is 5.69 Å². The van der Waals surface area contributed by atoms with E-state index in [0.29, 0.717) is 5.56 Å². The molecule has 0 saturated heterocycles. The molecule has 2 rings (SSSR count). The van der Waals surface area contributed by atoms with Gasteiger partial charge in [-0.2, -0.15) is 0 Å². The summed E-state index contributed by atoms with van der Waals surface area (Å²) in [6.45, 7) is 2.15. The largest absolute Gasteiger partial charge is 0.461 e. The van der Waals surface area contributed by atoms with Gasteiger partial charge in [-0.1, -0.05) is 17.3 Å². The molecule has 2 N–H and O–H groups in total. The number of ether oxygens (including phenoxy) is 1. The average molecular weight is 264 g/mol. The Morgan fingerprint density at radius 2 is 2.32 bits per heavy atom. The molecular weight excluding hydrogens is 251 g/mol. The Bertz CT molecular complexity index is 597. The summed E-state index contributed by atoms with van der Waals surface area (Å²) in [6.07, 6.45) is 0. The number of anilines is 1. The molecular formula is C12H13FN4O2. The smallest absolute Gasteiger partial charge is 0.362 e. The number of carbonyl (C=O) groups is 1. The van der Waals surface area contributed by atoms with Crippen molar-refractivity contribution < 1.29 is 13.9 Å². The van der Waals surface area contributed by atoms with Crippen LogP contribution in [0.25, 0.3) is 0 Å². The number of nitrogen functional groups attached to an aromatic ring is 1. The number of benzene rings is 1. The van der Waals surface area contributed by atoms with Crippen LogP contribution in [0.3, 0.4) is 0 Å². The zero-order chi connectivity index (χ0) is 13.8. The summed E-state index contributed by atoms with van der Waals surface area (Å²) >= 11 is 0. The van der Waals surface area contributed by atoms with Crippen molar-refractivity contribution >= 4 is 11.8 Å². The number of esters is 1. The minimum absolute atomic E-state index is 0.0294. The summed E-state index contributed by atoms with van der Waals surface area (Å²) in [5, 5.41) is 7.43. The van der Waals surface area contributed by atoms with Crippen LogP contribution in [-0.4, -0.2) is 27.6 Å². The third kappa shape index (κ3) is 2.87. The van der Waals surface area contributed by atoms with Crippen LogP contribution in [0.15, 0.2) is 24.3 Å². The molecule has 0 bridgehead atoms. The minimum Gasteiger partial charge on any atom is -0.461 e. The molecule has 2 aromatic rings. The van der Waals surface area contributed by atoms with Crippen molar-refractivity contribution in [2.45, 2.75) is 13.5 Å². The maximum Gasteiger partial charge on any atom is 0.362 e. The maximum atomic E-state index is 13.1. The number of hydrogen-bond donors (Lipinski definition) is 1. The van der Waals surface area contributed by atoms with Gasteiger partial charge in [-0.3, -0.25) is 0 Å². The predicted molar refractivity (Wildman–Crippen MR) is 65.9 cm³/mol. The van der Waals surface area contributed by atoms with Gasteiger partial charge in [-0.05, 0) is 24.6 Å². The average Bonchev–Trinajstić information content (AvgIpc) is 2.71. The second-order valence-corrected chi connectivity index (χ2v) is 3.83. The number of rotatable bonds is 4. The van der Waals surface area contributed by atoms with E-state index in [9.17, 15) is 9.18 Å². The lowest BCUT2D eigenvalue weighted by atomic mass is 10.2. The standard InChI is InChI=1S/C12H13FN4O2/c1-2-19-12(18)10-11(14)17(16-15-10)7-8-4-3-5-9(13)6-8/h3-6H,2,7,14H2,1H3. The maximum absolute atomic E-state index is 13.1. The van der Waals surface area contributed by atoms with Crippen LogP contribution in [0.5, 0.6) is 0 Å². The van der Waals surface area contributed by atoms with Crippen molar-refractivity contribution in [3.8, 4) is 0 Å². The van der Waals surface area contributed by atoms with Crippen molar-refractivity contribution in [2.24, 2.45) is 0 Å². The van der Waals surface area contributed by atoms with Crippen LogP contribution >= 0.6 is 0 Å². The van der Waals surface area contributed by atoms with E-state index in [1.165, 1.54) is 16.8 Å². The van der Waals surface area contributed by atoms with Crippen molar-refractivity contribution in [1.29, 1.82) is 0 Å². The van der Waals surface area contributed by atoms with Crippen LogP contribution in [0.4, 0.5) is 10.2 Å². The highest BCUT2D eigenvalue weighted by Gasteiger charge is 2.18. The first-order valence-electron chi connectivity index (χ1n) is 5.72. The normalized spacial score (nSPS) is 10.4. The molecule has 0 saturated carbocycles. The molecule has 0 spiro atoms. The van der Waals surface area contributed by atoms with E-state index in [0.717, 1.165) is 0 Å². The molecule has 100 valence electrons. The fourth-order valence-electron chi connectivity index (χ4n) is 1.59. The van der Waals surface area contributed by atoms with Gasteiger partial charge in [0.15, 0.2) is 5.82 Å². The summed E-state index contributed by atoms with van der Waals surface area (Å²) in [7, 11) is 0. The third-order valence-electron chi connectivity index (χ3n) is 2.46. The Balaban J connectivity index is 2.20. The van der Waals surface area contributed by atoms with Crippen LogP contribution in [0.1, 0.15) is 23.0 Å². The van der Waals surface area contributed by atoms with Gasteiger partial charge >= 0.3 is 5.97 Å². The van der Waals surface area contributed by atoms with Gasteiger partial charge in [0.25, 0.3) is 0 Å². The summed E-state index contributed by atoms with van der Waals surface area (Å²) < 4.78 is 19.2. The summed E-state index contributed by atoms with van der Waals surface area (Å²) in [5.74, 6) is -0.866. The molecule has 0 aliphatic heterocycles. The minimum atomic E-state index is -0.620. The number of carbonyl (C=O) groups excluding carboxylic acids is 1. The molecule has 0 aliphatic rings. The zero-order valence-electron chi connectivity index (χ0n) is 10.3. The van der Waals surface area contributed by atoms with Crippen LogP contribution in [0.2, 0.25) is 0 Å². The number of aromatic nitrogens is 3. The Labute approximate surface area is 109 Å². The van der Waals surface area contributed by atoms with Crippen LogP contribution < -0.4 is 5.73 Å². The van der Waals surface area contributed by atoms with Gasteiger partial charge in [0.05, 0.1) is 13.2 Å². The lowest BCUT2D eigenvalue weighted by Crippen LogP contribution is -2.10. The van der Waals surface area contributed by atoms with E-state index in [1.807, 2.05) is 0 Å². The third-order valence-corrected chi connectivity index (χ3v) is 2.46. The Kier molecular flexibility index (Phi) is 3.74. The first-order valence-corrected chi connectivity index (χ1v) is 5.72. The molecule has 0 atom stereocenters. The summed E-state index contributed by atoms with van der Waals surface area (Å²) in [4.78, 5) is 11.5. The Morgan fingerprint density at radius 1 is 1.53 bits per heavy atom. The highest BCUT2D eigenvalue weighted by molar-refractivity contribution is 5.91. The van der Waals surface area contributed by atoms with E-state index in [4.69, 9.17) is 10.5 Å². The second-order valence-electron chi connectivity index (χ2n) is 3.83. The zero-order valence-corrected chi connectivity index (χ0v) is 10.3. The topological polar surface area (TPSA) is 83.0 Å². The first-order chi connectivity index (χ1) is 9.11. The molecule has 1 aromatic heterocycles. The molecule has 1 aromatic carbocycles. The molecule has 0 aliphatic carbocycles. The van der Waals surface area contributed by atoms with E-state index in [-0.39, 0.29) is 30.5 Å². The summed E-state index contributed by atoms with van der Waals surface area (Å²) in [5.41, 5.74) is 6.41. The molecule has 0 amide bonds. The fourth-order valence-corrected chi connectivity index (χ4v) is 1.59. The Morgan fingerprint density at radius 3 is 3.00 bits per heavy atom. The fraction of sp³-hybridized carbons (Fsp3) is 0.250. The molecule has 1 heterocycles. The van der Waals surface area contributed by atoms with E-state index in [1.54, 1.807) is 19.1 Å². The number of nitrogens with zero attached hydrogens (tertiary/aromatic N) is 3. The van der Waals surface area contributed by atoms with Gasteiger partial charge in [-0.25, -0.2) is 13.9 Å². The monoisotopic (exact) mass is 264 g/mol. The van der Waals surface area contributed by atoms with Crippen molar-refractivity contribution in [3.05, 3.63) is 41.3 Å². The molecule has 6 nitrogen and oxygen atoms in total. The van der Waals surface area contributed by atoms with E-state index in [2.05, 4.69) is 10.3 Å². The van der Waals surface area contributed by atoms with Gasteiger partial charge < -0.3 is 10.5 Å². The molecule has 7 heteroatoms. The van der Waals surface area contributed by atoms with Gasteiger partial charge in [0, 0.05) is 0 Å². The first kappa shape index (κ1) is 13.0. The second kappa shape index (κ2) is 5.47. The number of hydrogen-bond acceptors (Lipinski definition) is 5. The highest BCUT2D eigenvalue weighted by Crippen LogP contribution is 2.12. The SMILES string of the molecule is CCOC(=O)c1nnn(Cc2cccc(F)c2)c1N. The van der Waals surface area contributed by atoms with Crippen molar-refractivity contribution in [3.63, 3.8) is 0 Å². The number of halogens is 1. The molecule has 19 heavy (non-hydrogen) atoms. The van der Waals surface area contributed by atoms with Gasteiger partial charge in [-0.15, -0.1) is 5.10 Å². The lowest BCUT2D eigenvalue weighted by Gasteiger charge is -2.04. The van der Waals surface area contributed by atoms with Crippen LogP contribution in [-0.2, 0) is 11.3 Å².